The zero-order valence-corrected chi connectivity index (χ0v) is 13.6. The van der Waals surface area contributed by atoms with E-state index in [0.717, 1.165) is 18.5 Å². The first-order chi connectivity index (χ1) is 11.7. The third kappa shape index (κ3) is 4.31. The largest absolute Gasteiger partial charge is 0.385 e. The van der Waals surface area contributed by atoms with Gasteiger partial charge in [0.25, 0.3) is 5.91 Å². The van der Waals surface area contributed by atoms with Gasteiger partial charge >= 0.3 is 0 Å². The van der Waals surface area contributed by atoms with Crippen LogP contribution >= 0.6 is 0 Å². The van der Waals surface area contributed by atoms with Crippen molar-refractivity contribution in [3.63, 3.8) is 0 Å². The Bertz CT molecular complexity index is 699. The van der Waals surface area contributed by atoms with Crippen molar-refractivity contribution in [2.45, 2.75) is 38.1 Å². The number of hydrogen-bond donors (Lipinski definition) is 2. The van der Waals surface area contributed by atoms with Crippen molar-refractivity contribution in [1.29, 1.82) is 0 Å². The highest BCUT2D eigenvalue weighted by atomic mass is 19.1. The van der Waals surface area contributed by atoms with Gasteiger partial charge in [-0.2, -0.15) is 0 Å². The van der Waals surface area contributed by atoms with Crippen LogP contribution in [0.1, 0.15) is 41.7 Å². The summed E-state index contributed by atoms with van der Waals surface area (Å²) in [5, 5.41) is 6.26. The van der Waals surface area contributed by atoms with Crippen LogP contribution in [0.15, 0.2) is 42.6 Å². The van der Waals surface area contributed by atoms with Gasteiger partial charge in [0.05, 0.1) is 0 Å². The van der Waals surface area contributed by atoms with Crippen LogP contribution in [0.3, 0.4) is 0 Å². The topological polar surface area (TPSA) is 54.0 Å². The fraction of sp³-hybridized carbons (Fsp3) is 0.368. The van der Waals surface area contributed by atoms with Gasteiger partial charge in [-0.15, -0.1) is 0 Å². The Morgan fingerprint density at radius 1 is 1.21 bits per heavy atom. The summed E-state index contributed by atoms with van der Waals surface area (Å²) in [5.41, 5.74) is 1.91. The lowest BCUT2D eigenvalue weighted by Crippen LogP contribution is -2.33. The van der Waals surface area contributed by atoms with Crippen LogP contribution in [-0.2, 0) is 6.42 Å². The van der Waals surface area contributed by atoms with Gasteiger partial charge in [-0.25, -0.2) is 4.39 Å². The molecule has 1 aliphatic rings. The van der Waals surface area contributed by atoms with E-state index in [9.17, 15) is 9.18 Å². The molecule has 126 valence electrons. The third-order valence-electron chi connectivity index (χ3n) is 4.36. The molecule has 0 radical (unpaired) electrons. The molecule has 1 fully saturated rings. The molecule has 0 bridgehead atoms. The Morgan fingerprint density at radius 3 is 2.79 bits per heavy atom. The number of nitrogens with one attached hydrogen (secondary N) is 2. The van der Waals surface area contributed by atoms with Crippen molar-refractivity contribution < 1.29 is 9.18 Å². The minimum atomic E-state index is -0.189. The molecular formula is C19H22FN3O. The van der Waals surface area contributed by atoms with E-state index in [4.69, 9.17) is 0 Å². The first kappa shape index (κ1) is 16.4. The van der Waals surface area contributed by atoms with Crippen molar-refractivity contribution in [2.75, 3.05) is 11.9 Å². The summed E-state index contributed by atoms with van der Waals surface area (Å²) in [7, 11) is 0. The van der Waals surface area contributed by atoms with E-state index in [2.05, 4.69) is 15.6 Å². The van der Waals surface area contributed by atoms with Crippen molar-refractivity contribution in [3.8, 4) is 0 Å². The monoisotopic (exact) mass is 327 g/mol. The zero-order chi connectivity index (χ0) is 16.8. The molecule has 1 aromatic carbocycles. The van der Waals surface area contributed by atoms with Crippen molar-refractivity contribution in [2.24, 2.45) is 0 Å². The molecule has 0 unspecified atom stereocenters. The van der Waals surface area contributed by atoms with Crippen LogP contribution in [0, 0.1) is 5.82 Å². The lowest BCUT2D eigenvalue weighted by atomic mass is 10.1. The van der Waals surface area contributed by atoms with Gasteiger partial charge < -0.3 is 10.6 Å². The van der Waals surface area contributed by atoms with E-state index in [1.54, 1.807) is 24.4 Å². The number of anilines is 1. The van der Waals surface area contributed by atoms with Crippen molar-refractivity contribution >= 4 is 11.6 Å². The molecule has 4 nitrogen and oxygen atoms in total. The Kier molecular flexibility index (Phi) is 5.41. The summed E-state index contributed by atoms with van der Waals surface area (Å²) in [4.78, 5) is 16.4. The molecule has 24 heavy (non-hydrogen) atoms. The molecule has 2 N–H and O–H groups in total. The van der Waals surface area contributed by atoms with Gasteiger partial charge in [0.2, 0.25) is 0 Å². The Balaban J connectivity index is 1.54. The summed E-state index contributed by atoms with van der Waals surface area (Å²) in [5.74, 6) is -0.315. The van der Waals surface area contributed by atoms with Crippen LogP contribution in [0.2, 0.25) is 0 Å². The van der Waals surface area contributed by atoms with Gasteiger partial charge in [0.1, 0.15) is 11.5 Å². The highest BCUT2D eigenvalue weighted by Gasteiger charge is 2.18. The minimum absolute atomic E-state index is 0.125. The number of pyridine rings is 1. The smallest absolute Gasteiger partial charge is 0.270 e. The number of aromatic nitrogens is 1. The van der Waals surface area contributed by atoms with E-state index >= 15 is 0 Å². The molecule has 5 heteroatoms. The van der Waals surface area contributed by atoms with Gasteiger partial charge in [-0.05, 0) is 43.0 Å². The normalized spacial score (nSPS) is 14.5. The van der Waals surface area contributed by atoms with E-state index in [1.807, 2.05) is 12.1 Å². The SMILES string of the molecule is O=C(NC1CCCC1)c1cc(NCCc2ccccc2F)ccn1. The lowest BCUT2D eigenvalue weighted by molar-refractivity contribution is 0.0933. The minimum Gasteiger partial charge on any atom is -0.385 e. The summed E-state index contributed by atoms with van der Waals surface area (Å²) in [6.07, 6.45) is 6.65. The predicted octanol–water partition coefficient (Wildman–Crippen LogP) is 3.55. The average Bonchev–Trinajstić information content (AvgIpc) is 3.10. The Morgan fingerprint density at radius 2 is 2.00 bits per heavy atom. The molecule has 2 aromatic rings. The maximum Gasteiger partial charge on any atom is 0.270 e. The summed E-state index contributed by atoms with van der Waals surface area (Å²) in [6, 6.07) is 10.6. The van der Waals surface area contributed by atoms with Crippen LogP contribution in [0.5, 0.6) is 0 Å². The highest BCUT2D eigenvalue weighted by molar-refractivity contribution is 5.93. The highest BCUT2D eigenvalue weighted by Crippen LogP contribution is 2.18. The number of halogens is 1. The van der Waals surface area contributed by atoms with E-state index in [-0.39, 0.29) is 17.8 Å². The number of rotatable bonds is 6. The van der Waals surface area contributed by atoms with Crippen LogP contribution < -0.4 is 10.6 Å². The first-order valence-corrected chi connectivity index (χ1v) is 8.46. The van der Waals surface area contributed by atoms with Gasteiger partial charge in [0, 0.05) is 24.5 Å². The number of amides is 1. The van der Waals surface area contributed by atoms with Crippen LogP contribution in [0.4, 0.5) is 10.1 Å². The summed E-state index contributed by atoms with van der Waals surface area (Å²) < 4.78 is 13.6. The Labute approximate surface area is 141 Å². The van der Waals surface area contributed by atoms with E-state index in [1.165, 1.54) is 18.9 Å². The summed E-state index contributed by atoms with van der Waals surface area (Å²) in [6.45, 7) is 0.592. The molecule has 0 atom stereocenters. The number of carbonyl (C=O) groups is 1. The molecule has 0 spiro atoms. The van der Waals surface area contributed by atoms with E-state index in [0.29, 0.717) is 24.2 Å². The maximum absolute atomic E-state index is 13.6. The zero-order valence-electron chi connectivity index (χ0n) is 13.6. The molecule has 1 saturated carbocycles. The average molecular weight is 327 g/mol. The second-order valence-electron chi connectivity index (χ2n) is 6.15. The quantitative estimate of drug-likeness (QED) is 0.853. The number of benzene rings is 1. The van der Waals surface area contributed by atoms with Crippen LogP contribution in [0.25, 0.3) is 0 Å². The van der Waals surface area contributed by atoms with E-state index < -0.39 is 0 Å². The number of hydrogen-bond acceptors (Lipinski definition) is 3. The van der Waals surface area contributed by atoms with Crippen molar-refractivity contribution in [1.82, 2.24) is 10.3 Å². The van der Waals surface area contributed by atoms with Crippen molar-refractivity contribution in [3.05, 3.63) is 59.7 Å². The fourth-order valence-electron chi connectivity index (χ4n) is 3.04. The first-order valence-electron chi connectivity index (χ1n) is 8.46. The molecule has 3 rings (SSSR count). The Hall–Kier alpha value is -2.43. The molecular weight excluding hydrogens is 305 g/mol. The molecule has 1 aliphatic carbocycles. The third-order valence-corrected chi connectivity index (χ3v) is 4.36. The molecule has 0 saturated heterocycles. The van der Waals surface area contributed by atoms with Gasteiger partial charge in [-0.1, -0.05) is 31.0 Å². The molecule has 0 aliphatic heterocycles. The number of nitrogens with zero attached hydrogens (tertiary/aromatic N) is 1. The van der Waals surface area contributed by atoms with Gasteiger partial charge in [-0.3, -0.25) is 9.78 Å². The lowest BCUT2D eigenvalue weighted by Gasteiger charge is -2.12. The number of carbonyl (C=O) groups excluding carboxylic acids is 1. The molecule has 1 aromatic heterocycles. The molecule has 1 amide bonds. The second-order valence-corrected chi connectivity index (χ2v) is 6.15. The fourth-order valence-corrected chi connectivity index (χ4v) is 3.04. The maximum atomic E-state index is 13.6. The summed E-state index contributed by atoms with van der Waals surface area (Å²) >= 11 is 0. The second kappa shape index (κ2) is 7.90. The molecule has 1 heterocycles. The predicted molar refractivity (Wildman–Crippen MR) is 92.6 cm³/mol. The van der Waals surface area contributed by atoms with Crippen LogP contribution in [-0.4, -0.2) is 23.5 Å². The van der Waals surface area contributed by atoms with Gasteiger partial charge in [0.15, 0.2) is 0 Å². The standard InChI is InChI=1S/C19H22FN3O/c20-17-8-4-1-5-14(17)9-11-21-16-10-12-22-18(13-16)19(24)23-15-6-2-3-7-15/h1,4-5,8,10,12-13,15H,2-3,6-7,9,11H2,(H,21,22)(H,23,24).